The molecule has 1 fully saturated rings. The number of hydrogen-bond acceptors (Lipinski definition) is 3. The van der Waals surface area contributed by atoms with Gasteiger partial charge in [0, 0.05) is 0 Å². The van der Waals surface area contributed by atoms with Gasteiger partial charge >= 0.3 is 0 Å². The molecule has 0 aromatic heterocycles. The third-order valence-electron chi connectivity index (χ3n) is 1.57. The molecule has 0 amide bonds. The lowest BCUT2D eigenvalue weighted by atomic mass is 10.2. The lowest BCUT2D eigenvalue weighted by Gasteiger charge is -2.29. The first-order valence-electron chi connectivity index (χ1n) is 3.65. The van der Waals surface area contributed by atoms with Crippen LogP contribution in [0.4, 0.5) is 0 Å². The molecule has 3 unspecified atom stereocenters. The zero-order valence-corrected chi connectivity index (χ0v) is 6.41. The maximum absolute atomic E-state index is 9.04. The molecule has 1 saturated heterocycles. The normalized spacial score (nSPS) is 37.5. The van der Waals surface area contributed by atoms with Crippen molar-refractivity contribution in [3.05, 3.63) is 0 Å². The fraction of sp³-hybridized carbons (Fsp3) is 1.00. The van der Waals surface area contributed by atoms with Gasteiger partial charge in [0.1, 0.15) is 6.10 Å². The van der Waals surface area contributed by atoms with Gasteiger partial charge in [0.05, 0.1) is 12.7 Å². The first-order valence-corrected chi connectivity index (χ1v) is 3.65. The zero-order valence-electron chi connectivity index (χ0n) is 6.41. The summed E-state index contributed by atoms with van der Waals surface area (Å²) in [7, 11) is 0. The highest BCUT2D eigenvalue weighted by molar-refractivity contribution is 4.62. The molecule has 1 aliphatic heterocycles. The minimum absolute atomic E-state index is 0.216. The van der Waals surface area contributed by atoms with E-state index in [1.165, 1.54) is 0 Å². The van der Waals surface area contributed by atoms with Crippen molar-refractivity contribution in [1.82, 2.24) is 0 Å². The Balaban J connectivity index is 2.32. The fourth-order valence-corrected chi connectivity index (χ4v) is 0.939. The molecular weight excluding hydrogens is 132 g/mol. The standard InChI is InChI=1S/C7H14O3/c1-5-3-4-9-7(10-5)6(2)8/h5-8H,3-4H2,1-2H3. The van der Waals surface area contributed by atoms with E-state index in [2.05, 4.69) is 0 Å². The Morgan fingerprint density at radius 3 is 2.70 bits per heavy atom. The summed E-state index contributed by atoms with van der Waals surface area (Å²) >= 11 is 0. The Morgan fingerprint density at radius 2 is 2.30 bits per heavy atom. The first kappa shape index (κ1) is 7.98. The van der Waals surface area contributed by atoms with E-state index >= 15 is 0 Å². The molecule has 1 aliphatic rings. The van der Waals surface area contributed by atoms with Crippen molar-refractivity contribution in [1.29, 1.82) is 0 Å². The summed E-state index contributed by atoms with van der Waals surface area (Å²) in [6.07, 6.45) is 0.197. The lowest BCUT2D eigenvalue weighted by Crippen LogP contribution is -2.37. The highest BCUT2D eigenvalue weighted by Crippen LogP contribution is 2.13. The van der Waals surface area contributed by atoms with E-state index in [-0.39, 0.29) is 6.10 Å². The number of aliphatic hydroxyl groups is 1. The van der Waals surface area contributed by atoms with Crippen LogP contribution in [-0.2, 0) is 9.47 Å². The molecule has 1 N–H and O–H groups in total. The van der Waals surface area contributed by atoms with Crippen LogP contribution in [-0.4, -0.2) is 30.2 Å². The molecule has 0 aromatic rings. The highest BCUT2D eigenvalue weighted by Gasteiger charge is 2.23. The van der Waals surface area contributed by atoms with Crippen molar-refractivity contribution in [3.8, 4) is 0 Å². The summed E-state index contributed by atoms with van der Waals surface area (Å²) in [5.41, 5.74) is 0. The molecule has 10 heavy (non-hydrogen) atoms. The van der Waals surface area contributed by atoms with Gasteiger partial charge in [-0.3, -0.25) is 0 Å². The van der Waals surface area contributed by atoms with Crippen LogP contribution < -0.4 is 0 Å². The smallest absolute Gasteiger partial charge is 0.183 e. The zero-order chi connectivity index (χ0) is 7.56. The second-order valence-corrected chi connectivity index (χ2v) is 2.72. The number of hydrogen-bond donors (Lipinski definition) is 1. The summed E-state index contributed by atoms with van der Waals surface area (Å²) in [4.78, 5) is 0. The molecule has 0 aliphatic carbocycles. The average Bonchev–Trinajstić information content (AvgIpc) is 1.88. The Morgan fingerprint density at radius 1 is 1.60 bits per heavy atom. The topological polar surface area (TPSA) is 38.7 Å². The highest BCUT2D eigenvalue weighted by atomic mass is 16.7. The molecule has 60 valence electrons. The van der Waals surface area contributed by atoms with Crippen LogP contribution in [0.25, 0.3) is 0 Å². The molecule has 3 nitrogen and oxygen atoms in total. The van der Waals surface area contributed by atoms with E-state index in [4.69, 9.17) is 14.6 Å². The summed E-state index contributed by atoms with van der Waals surface area (Å²) in [5, 5.41) is 9.04. The molecule has 0 saturated carbocycles. The van der Waals surface area contributed by atoms with Crippen molar-refractivity contribution in [3.63, 3.8) is 0 Å². The molecule has 0 aromatic carbocycles. The van der Waals surface area contributed by atoms with Crippen LogP contribution in [0, 0.1) is 0 Å². The van der Waals surface area contributed by atoms with Crippen LogP contribution in [0.5, 0.6) is 0 Å². The van der Waals surface area contributed by atoms with Gasteiger partial charge in [-0.2, -0.15) is 0 Å². The molecule has 1 rings (SSSR count). The summed E-state index contributed by atoms with van der Waals surface area (Å²) < 4.78 is 10.4. The monoisotopic (exact) mass is 146 g/mol. The van der Waals surface area contributed by atoms with E-state index in [9.17, 15) is 0 Å². The van der Waals surface area contributed by atoms with Crippen LogP contribution >= 0.6 is 0 Å². The Kier molecular flexibility index (Phi) is 2.65. The van der Waals surface area contributed by atoms with Gasteiger partial charge in [-0.1, -0.05) is 0 Å². The van der Waals surface area contributed by atoms with Gasteiger partial charge in [0.25, 0.3) is 0 Å². The largest absolute Gasteiger partial charge is 0.388 e. The van der Waals surface area contributed by atoms with E-state index in [0.29, 0.717) is 6.61 Å². The van der Waals surface area contributed by atoms with Crippen molar-refractivity contribution in [2.75, 3.05) is 6.61 Å². The average molecular weight is 146 g/mol. The second-order valence-electron chi connectivity index (χ2n) is 2.72. The van der Waals surface area contributed by atoms with Crippen LogP contribution in [0.2, 0.25) is 0 Å². The lowest BCUT2D eigenvalue weighted by molar-refractivity contribution is -0.242. The molecule has 0 radical (unpaired) electrons. The summed E-state index contributed by atoms with van der Waals surface area (Å²) in [6.45, 7) is 4.34. The van der Waals surface area contributed by atoms with E-state index in [1.54, 1.807) is 6.92 Å². The van der Waals surface area contributed by atoms with Crippen molar-refractivity contribution < 1.29 is 14.6 Å². The van der Waals surface area contributed by atoms with Gasteiger partial charge in [0.15, 0.2) is 6.29 Å². The SMILES string of the molecule is CC1CCOC(C(C)O)O1. The van der Waals surface area contributed by atoms with E-state index in [1.807, 2.05) is 6.92 Å². The van der Waals surface area contributed by atoms with Crippen molar-refractivity contribution in [2.24, 2.45) is 0 Å². The predicted octanol–water partition coefficient (Wildman–Crippen LogP) is 0.519. The number of ether oxygens (including phenoxy) is 2. The first-order chi connectivity index (χ1) is 4.70. The minimum Gasteiger partial charge on any atom is -0.388 e. The number of aliphatic hydroxyl groups excluding tert-OH is 1. The quantitative estimate of drug-likeness (QED) is 0.586. The maximum Gasteiger partial charge on any atom is 0.183 e. The Labute approximate surface area is 60.9 Å². The van der Waals surface area contributed by atoms with Crippen molar-refractivity contribution >= 4 is 0 Å². The second kappa shape index (κ2) is 3.32. The Hall–Kier alpha value is -0.120. The van der Waals surface area contributed by atoms with Gasteiger partial charge in [0.2, 0.25) is 0 Å². The molecule has 3 heteroatoms. The van der Waals surface area contributed by atoms with Gasteiger partial charge in [-0.25, -0.2) is 0 Å². The Bertz CT molecular complexity index is 103. The van der Waals surface area contributed by atoms with Gasteiger partial charge in [-0.05, 0) is 20.3 Å². The van der Waals surface area contributed by atoms with Gasteiger partial charge in [-0.15, -0.1) is 0 Å². The summed E-state index contributed by atoms with van der Waals surface area (Å²) in [5.74, 6) is 0. The van der Waals surface area contributed by atoms with E-state index < -0.39 is 12.4 Å². The fourth-order valence-electron chi connectivity index (χ4n) is 0.939. The molecule has 0 spiro atoms. The molecule has 3 atom stereocenters. The minimum atomic E-state index is -0.525. The molecular formula is C7H14O3. The van der Waals surface area contributed by atoms with Crippen LogP contribution in [0.1, 0.15) is 20.3 Å². The van der Waals surface area contributed by atoms with E-state index in [0.717, 1.165) is 6.42 Å². The van der Waals surface area contributed by atoms with Crippen LogP contribution in [0.3, 0.4) is 0 Å². The molecule has 0 bridgehead atoms. The van der Waals surface area contributed by atoms with Crippen molar-refractivity contribution in [2.45, 2.75) is 38.8 Å². The van der Waals surface area contributed by atoms with Gasteiger partial charge < -0.3 is 14.6 Å². The third-order valence-corrected chi connectivity index (χ3v) is 1.57. The molecule has 1 heterocycles. The van der Waals surface area contributed by atoms with Crippen LogP contribution in [0.15, 0.2) is 0 Å². The predicted molar refractivity (Wildman–Crippen MR) is 36.6 cm³/mol. The third kappa shape index (κ3) is 1.94. The summed E-state index contributed by atoms with van der Waals surface area (Å²) in [6, 6.07) is 0. The number of rotatable bonds is 1. The maximum atomic E-state index is 9.04.